The summed E-state index contributed by atoms with van der Waals surface area (Å²) in [5.74, 6) is -0.0748. The molecule has 3 rings (SSSR count). The Hall–Kier alpha value is -3.85. The number of benzene rings is 2. The van der Waals surface area contributed by atoms with Crippen LogP contribution in [-0.2, 0) is 16.1 Å². The highest BCUT2D eigenvalue weighted by Gasteiger charge is 2.24. The molecular formula is C23H26N4O5. The van der Waals surface area contributed by atoms with Crippen molar-refractivity contribution >= 4 is 17.4 Å². The Balaban J connectivity index is 1.93. The molecule has 168 valence electrons. The monoisotopic (exact) mass is 438 g/mol. The van der Waals surface area contributed by atoms with Gasteiger partial charge in [0.1, 0.15) is 11.6 Å². The summed E-state index contributed by atoms with van der Waals surface area (Å²) in [7, 11) is 1.48. The number of nitrogens with two attached hydrogens (primary N) is 1. The van der Waals surface area contributed by atoms with Gasteiger partial charge in [-0.1, -0.05) is 42.5 Å². The Labute approximate surface area is 185 Å². The lowest BCUT2D eigenvalue weighted by atomic mass is 10.2. The SMILES string of the molecule is COCCN(C(=O)COc1cccc(C)c1)c1c(N)n(Cc2ccccc2)c(=O)[nH]c1=O. The molecule has 0 aliphatic rings. The summed E-state index contributed by atoms with van der Waals surface area (Å²) < 4.78 is 11.9. The Morgan fingerprint density at radius 1 is 1.12 bits per heavy atom. The zero-order chi connectivity index (χ0) is 23.1. The van der Waals surface area contributed by atoms with Crippen molar-refractivity contribution in [2.24, 2.45) is 0 Å². The third-order valence-electron chi connectivity index (χ3n) is 4.84. The molecule has 0 saturated heterocycles. The van der Waals surface area contributed by atoms with Gasteiger partial charge < -0.3 is 15.2 Å². The van der Waals surface area contributed by atoms with E-state index in [1.54, 1.807) is 12.1 Å². The molecular weight excluding hydrogens is 412 g/mol. The number of amides is 1. The highest BCUT2D eigenvalue weighted by atomic mass is 16.5. The fourth-order valence-corrected chi connectivity index (χ4v) is 3.23. The van der Waals surface area contributed by atoms with Gasteiger partial charge in [-0.3, -0.25) is 24.0 Å². The molecule has 1 heterocycles. The largest absolute Gasteiger partial charge is 0.484 e. The van der Waals surface area contributed by atoms with Gasteiger partial charge in [0.25, 0.3) is 11.5 Å². The molecule has 3 aromatic rings. The molecule has 0 atom stereocenters. The molecule has 32 heavy (non-hydrogen) atoms. The number of rotatable bonds is 9. The Morgan fingerprint density at radius 3 is 2.56 bits per heavy atom. The Bertz CT molecular complexity index is 1190. The molecule has 1 amide bonds. The van der Waals surface area contributed by atoms with E-state index in [0.29, 0.717) is 5.75 Å². The number of aromatic amines is 1. The fourth-order valence-electron chi connectivity index (χ4n) is 3.23. The van der Waals surface area contributed by atoms with E-state index < -0.39 is 17.2 Å². The average Bonchev–Trinajstić information content (AvgIpc) is 2.78. The smallest absolute Gasteiger partial charge is 0.330 e. The molecule has 0 saturated carbocycles. The topological polar surface area (TPSA) is 120 Å². The Kier molecular flexibility index (Phi) is 7.45. The van der Waals surface area contributed by atoms with Gasteiger partial charge in [-0.15, -0.1) is 0 Å². The van der Waals surface area contributed by atoms with E-state index in [1.165, 1.54) is 16.6 Å². The molecule has 0 unspecified atom stereocenters. The number of aryl methyl sites for hydroxylation is 1. The predicted molar refractivity (Wildman–Crippen MR) is 122 cm³/mol. The molecule has 0 radical (unpaired) electrons. The minimum absolute atomic E-state index is 0.0589. The minimum atomic E-state index is -0.753. The number of carbonyl (C=O) groups is 1. The quantitative estimate of drug-likeness (QED) is 0.523. The molecule has 3 N–H and O–H groups in total. The molecule has 0 aliphatic heterocycles. The summed E-state index contributed by atoms with van der Waals surface area (Å²) in [5.41, 5.74) is 6.51. The first kappa shape index (κ1) is 22.8. The maximum absolute atomic E-state index is 13.0. The van der Waals surface area contributed by atoms with Gasteiger partial charge in [0.2, 0.25) is 0 Å². The summed E-state index contributed by atoms with van der Waals surface area (Å²) in [6.45, 7) is 1.96. The molecule has 9 heteroatoms. The predicted octanol–water partition coefficient (Wildman–Crippen LogP) is 1.53. The van der Waals surface area contributed by atoms with E-state index in [-0.39, 0.29) is 37.8 Å². The minimum Gasteiger partial charge on any atom is -0.484 e. The van der Waals surface area contributed by atoms with E-state index in [0.717, 1.165) is 11.1 Å². The van der Waals surface area contributed by atoms with Gasteiger partial charge >= 0.3 is 5.69 Å². The lowest BCUT2D eigenvalue weighted by molar-refractivity contribution is -0.120. The number of hydrogen-bond donors (Lipinski definition) is 2. The zero-order valence-corrected chi connectivity index (χ0v) is 18.0. The lowest BCUT2D eigenvalue weighted by Gasteiger charge is -2.24. The third kappa shape index (κ3) is 5.44. The highest BCUT2D eigenvalue weighted by molar-refractivity contribution is 5.96. The zero-order valence-electron chi connectivity index (χ0n) is 18.0. The van der Waals surface area contributed by atoms with E-state index in [1.807, 2.05) is 49.4 Å². The van der Waals surface area contributed by atoms with Gasteiger partial charge in [0, 0.05) is 13.7 Å². The highest BCUT2D eigenvalue weighted by Crippen LogP contribution is 2.19. The van der Waals surface area contributed by atoms with Crippen molar-refractivity contribution < 1.29 is 14.3 Å². The molecule has 2 aromatic carbocycles. The first-order valence-electron chi connectivity index (χ1n) is 10.1. The maximum atomic E-state index is 13.0. The summed E-state index contributed by atoms with van der Waals surface area (Å²) >= 11 is 0. The first-order valence-corrected chi connectivity index (χ1v) is 10.1. The van der Waals surface area contributed by atoms with Gasteiger partial charge in [-0.25, -0.2) is 4.79 Å². The van der Waals surface area contributed by atoms with E-state index in [4.69, 9.17) is 15.2 Å². The molecule has 0 bridgehead atoms. The van der Waals surface area contributed by atoms with Crippen LogP contribution >= 0.6 is 0 Å². The maximum Gasteiger partial charge on any atom is 0.330 e. The lowest BCUT2D eigenvalue weighted by Crippen LogP contribution is -2.44. The number of nitrogens with zero attached hydrogens (tertiary/aromatic N) is 2. The van der Waals surface area contributed by atoms with Crippen LogP contribution in [0.5, 0.6) is 5.75 Å². The van der Waals surface area contributed by atoms with Crippen LogP contribution in [0.4, 0.5) is 11.5 Å². The average molecular weight is 438 g/mol. The number of H-pyrrole nitrogens is 1. The molecule has 0 aliphatic carbocycles. The summed E-state index contributed by atoms with van der Waals surface area (Å²) in [6.07, 6.45) is 0. The summed E-state index contributed by atoms with van der Waals surface area (Å²) in [5, 5.41) is 0. The van der Waals surface area contributed by atoms with Crippen LogP contribution in [0.15, 0.2) is 64.2 Å². The standard InChI is InChI=1S/C23H26N4O5/c1-16-7-6-10-18(13-16)32-15-19(28)26(11-12-31-2)20-21(24)27(23(30)25-22(20)29)14-17-8-4-3-5-9-17/h3-10,13H,11-12,14-15,24H2,1-2H3,(H,25,29,30). The van der Waals surface area contributed by atoms with Crippen molar-refractivity contribution in [3.05, 3.63) is 86.6 Å². The third-order valence-corrected chi connectivity index (χ3v) is 4.84. The molecule has 1 aromatic heterocycles. The number of nitrogen functional groups attached to an aromatic ring is 1. The molecule has 0 fully saturated rings. The van der Waals surface area contributed by atoms with Crippen LogP contribution in [0.2, 0.25) is 0 Å². The number of hydrogen-bond acceptors (Lipinski definition) is 6. The van der Waals surface area contributed by atoms with Crippen molar-refractivity contribution in [2.75, 3.05) is 37.5 Å². The number of nitrogens with one attached hydrogen (secondary N) is 1. The molecule has 0 spiro atoms. The number of carbonyl (C=O) groups excluding carboxylic acids is 1. The fraction of sp³-hybridized carbons (Fsp3) is 0.261. The normalized spacial score (nSPS) is 10.7. The van der Waals surface area contributed by atoms with E-state index in [9.17, 15) is 14.4 Å². The van der Waals surface area contributed by atoms with Crippen LogP contribution in [0.25, 0.3) is 0 Å². The van der Waals surface area contributed by atoms with Crippen LogP contribution in [-0.4, -0.2) is 42.3 Å². The van der Waals surface area contributed by atoms with Crippen molar-refractivity contribution in [3.8, 4) is 5.75 Å². The van der Waals surface area contributed by atoms with Gasteiger partial charge in [-0.2, -0.15) is 0 Å². The second-order valence-corrected chi connectivity index (χ2v) is 7.21. The second-order valence-electron chi connectivity index (χ2n) is 7.21. The molecule has 9 nitrogen and oxygen atoms in total. The number of aromatic nitrogens is 2. The van der Waals surface area contributed by atoms with Gasteiger partial charge in [0.15, 0.2) is 12.3 Å². The first-order chi connectivity index (χ1) is 15.4. The number of anilines is 2. The van der Waals surface area contributed by atoms with Crippen LogP contribution in [0.3, 0.4) is 0 Å². The number of methoxy groups -OCH3 is 1. The van der Waals surface area contributed by atoms with Crippen LogP contribution in [0, 0.1) is 6.92 Å². The summed E-state index contributed by atoms with van der Waals surface area (Å²) in [6, 6.07) is 16.5. The van der Waals surface area contributed by atoms with Crippen LogP contribution < -0.4 is 26.6 Å². The number of ether oxygens (including phenoxy) is 2. The van der Waals surface area contributed by atoms with Crippen molar-refractivity contribution in [1.82, 2.24) is 9.55 Å². The van der Waals surface area contributed by atoms with Crippen LogP contribution in [0.1, 0.15) is 11.1 Å². The van der Waals surface area contributed by atoms with E-state index in [2.05, 4.69) is 4.98 Å². The van der Waals surface area contributed by atoms with Gasteiger partial charge in [0.05, 0.1) is 13.2 Å². The Morgan fingerprint density at radius 2 is 1.88 bits per heavy atom. The van der Waals surface area contributed by atoms with Crippen molar-refractivity contribution in [2.45, 2.75) is 13.5 Å². The second kappa shape index (κ2) is 10.5. The van der Waals surface area contributed by atoms with E-state index >= 15 is 0 Å². The summed E-state index contributed by atoms with van der Waals surface area (Å²) in [4.78, 5) is 41.6. The van der Waals surface area contributed by atoms with Crippen molar-refractivity contribution in [3.63, 3.8) is 0 Å². The van der Waals surface area contributed by atoms with Crippen molar-refractivity contribution in [1.29, 1.82) is 0 Å². The van der Waals surface area contributed by atoms with Gasteiger partial charge in [-0.05, 0) is 30.2 Å².